The van der Waals surface area contributed by atoms with Crippen LogP contribution in [0.5, 0.6) is 5.75 Å². The van der Waals surface area contributed by atoms with Gasteiger partial charge in [0.25, 0.3) is 0 Å². The van der Waals surface area contributed by atoms with Crippen LogP contribution in [-0.2, 0) is 6.42 Å². The molecule has 0 atom stereocenters. The van der Waals surface area contributed by atoms with Gasteiger partial charge in [-0.2, -0.15) is 5.10 Å². The predicted octanol–water partition coefficient (Wildman–Crippen LogP) is 3.12. The second-order valence-electron chi connectivity index (χ2n) is 6.78. The molecule has 0 aliphatic heterocycles. The Bertz CT molecular complexity index is 1070. The standard InChI is InChI=1S/C20H21N7O/c1-14(2)11-18-24-20(27(25-18)16-8-4-5-9-17(16)28-3)15-7-6-10-19(23-15)26-12-21-22-13-26/h4-10,12-14H,11H2,1-3H3. The summed E-state index contributed by atoms with van der Waals surface area (Å²) in [5.41, 5.74) is 1.53. The van der Waals surface area contributed by atoms with E-state index < -0.39 is 0 Å². The number of hydrogen-bond acceptors (Lipinski definition) is 6. The maximum Gasteiger partial charge on any atom is 0.182 e. The summed E-state index contributed by atoms with van der Waals surface area (Å²) in [6.07, 6.45) is 4.00. The minimum absolute atomic E-state index is 0.442. The first-order valence-electron chi connectivity index (χ1n) is 9.07. The second kappa shape index (κ2) is 7.59. The average Bonchev–Trinajstić information content (AvgIpc) is 3.38. The number of ether oxygens (including phenoxy) is 1. The largest absolute Gasteiger partial charge is 0.494 e. The van der Waals surface area contributed by atoms with Gasteiger partial charge < -0.3 is 4.74 Å². The quantitative estimate of drug-likeness (QED) is 0.515. The van der Waals surface area contributed by atoms with Crippen molar-refractivity contribution < 1.29 is 4.74 Å². The first-order chi connectivity index (χ1) is 13.7. The summed E-state index contributed by atoms with van der Waals surface area (Å²) in [4.78, 5) is 9.53. The van der Waals surface area contributed by atoms with Crippen molar-refractivity contribution in [3.8, 4) is 28.8 Å². The fourth-order valence-corrected chi connectivity index (χ4v) is 2.96. The predicted molar refractivity (Wildman–Crippen MR) is 105 cm³/mol. The molecule has 0 amide bonds. The highest BCUT2D eigenvalue weighted by molar-refractivity contribution is 5.57. The molecule has 0 aliphatic carbocycles. The van der Waals surface area contributed by atoms with Gasteiger partial charge in [0.2, 0.25) is 0 Å². The van der Waals surface area contributed by atoms with E-state index in [2.05, 4.69) is 24.0 Å². The molecule has 4 rings (SSSR count). The highest BCUT2D eigenvalue weighted by Crippen LogP contribution is 2.27. The van der Waals surface area contributed by atoms with Crippen molar-refractivity contribution in [3.05, 3.63) is 60.9 Å². The Balaban J connectivity index is 1.86. The minimum atomic E-state index is 0.442. The van der Waals surface area contributed by atoms with Crippen LogP contribution in [-0.4, -0.2) is 41.6 Å². The van der Waals surface area contributed by atoms with Crippen molar-refractivity contribution >= 4 is 0 Å². The van der Waals surface area contributed by atoms with Crippen LogP contribution in [0.25, 0.3) is 23.0 Å². The molecule has 3 heterocycles. The normalized spacial score (nSPS) is 11.1. The zero-order chi connectivity index (χ0) is 19.5. The van der Waals surface area contributed by atoms with Crippen molar-refractivity contribution in [2.24, 2.45) is 5.92 Å². The highest BCUT2D eigenvalue weighted by atomic mass is 16.5. The maximum atomic E-state index is 5.53. The monoisotopic (exact) mass is 375 g/mol. The summed E-state index contributed by atoms with van der Waals surface area (Å²) in [6.45, 7) is 4.29. The van der Waals surface area contributed by atoms with Crippen LogP contribution in [0.15, 0.2) is 55.1 Å². The van der Waals surface area contributed by atoms with Crippen LogP contribution in [0.3, 0.4) is 0 Å². The zero-order valence-corrected chi connectivity index (χ0v) is 16.0. The number of para-hydroxylation sites is 2. The summed E-state index contributed by atoms with van der Waals surface area (Å²) in [6, 6.07) is 13.5. The number of hydrogen-bond donors (Lipinski definition) is 0. The molecule has 8 nitrogen and oxygen atoms in total. The van der Waals surface area contributed by atoms with Crippen LogP contribution in [0, 0.1) is 5.92 Å². The van der Waals surface area contributed by atoms with E-state index in [1.165, 1.54) is 0 Å². The molecule has 0 saturated heterocycles. The van der Waals surface area contributed by atoms with Gasteiger partial charge in [-0.15, -0.1) is 10.2 Å². The Hall–Kier alpha value is -3.55. The molecule has 0 unspecified atom stereocenters. The van der Waals surface area contributed by atoms with Crippen molar-refractivity contribution in [2.45, 2.75) is 20.3 Å². The fraction of sp³-hybridized carbons (Fsp3) is 0.250. The average molecular weight is 375 g/mol. The van der Waals surface area contributed by atoms with Crippen molar-refractivity contribution in [1.29, 1.82) is 0 Å². The van der Waals surface area contributed by atoms with Gasteiger partial charge >= 0.3 is 0 Å². The van der Waals surface area contributed by atoms with Gasteiger partial charge in [0, 0.05) is 6.42 Å². The van der Waals surface area contributed by atoms with E-state index in [1.807, 2.05) is 42.5 Å². The van der Waals surface area contributed by atoms with Crippen molar-refractivity contribution in [1.82, 2.24) is 34.5 Å². The van der Waals surface area contributed by atoms with E-state index in [0.29, 0.717) is 23.3 Å². The lowest BCUT2D eigenvalue weighted by Gasteiger charge is -2.10. The van der Waals surface area contributed by atoms with Gasteiger partial charge in [-0.3, -0.25) is 4.57 Å². The number of aromatic nitrogens is 7. The number of benzene rings is 1. The van der Waals surface area contributed by atoms with Crippen molar-refractivity contribution in [2.75, 3.05) is 7.11 Å². The summed E-state index contributed by atoms with van der Waals surface area (Å²) in [5.74, 6) is 3.31. The molecule has 0 aliphatic rings. The van der Waals surface area contributed by atoms with E-state index in [9.17, 15) is 0 Å². The number of methoxy groups -OCH3 is 1. The van der Waals surface area contributed by atoms with Gasteiger partial charge in [0.15, 0.2) is 11.6 Å². The maximum absolute atomic E-state index is 5.53. The van der Waals surface area contributed by atoms with Crippen LogP contribution in [0.2, 0.25) is 0 Å². The number of rotatable bonds is 6. The third kappa shape index (κ3) is 3.48. The molecule has 28 heavy (non-hydrogen) atoms. The van der Waals surface area contributed by atoms with Gasteiger partial charge in [-0.25, -0.2) is 14.6 Å². The molecular weight excluding hydrogens is 354 g/mol. The minimum Gasteiger partial charge on any atom is -0.494 e. The lowest BCUT2D eigenvalue weighted by molar-refractivity contribution is 0.411. The number of nitrogens with zero attached hydrogens (tertiary/aromatic N) is 7. The van der Waals surface area contributed by atoms with E-state index >= 15 is 0 Å². The molecule has 142 valence electrons. The van der Waals surface area contributed by atoms with E-state index in [-0.39, 0.29) is 0 Å². The van der Waals surface area contributed by atoms with Gasteiger partial charge in [-0.05, 0) is 30.2 Å². The van der Waals surface area contributed by atoms with Gasteiger partial charge in [-0.1, -0.05) is 32.0 Å². The first-order valence-corrected chi connectivity index (χ1v) is 9.07. The molecule has 0 bridgehead atoms. The second-order valence-corrected chi connectivity index (χ2v) is 6.78. The highest BCUT2D eigenvalue weighted by Gasteiger charge is 2.18. The molecule has 0 radical (unpaired) electrons. The van der Waals surface area contributed by atoms with Crippen LogP contribution in [0.4, 0.5) is 0 Å². The molecule has 4 aromatic rings. The Morgan fingerprint density at radius 2 is 1.75 bits per heavy atom. The van der Waals surface area contributed by atoms with Gasteiger partial charge in [0.1, 0.15) is 35.6 Å². The summed E-state index contributed by atoms with van der Waals surface area (Å²) < 4.78 is 9.09. The van der Waals surface area contributed by atoms with E-state index in [0.717, 1.165) is 23.7 Å². The molecule has 0 fully saturated rings. The Morgan fingerprint density at radius 3 is 2.50 bits per heavy atom. The van der Waals surface area contributed by atoms with E-state index in [4.69, 9.17) is 19.8 Å². The molecule has 8 heteroatoms. The molecule has 1 aromatic carbocycles. The lowest BCUT2D eigenvalue weighted by atomic mass is 10.1. The molecular formula is C20H21N7O. The fourth-order valence-electron chi connectivity index (χ4n) is 2.96. The van der Waals surface area contributed by atoms with Gasteiger partial charge in [0.05, 0.1) is 7.11 Å². The van der Waals surface area contributed by atoms with Crippen LogP contribution < -0.4 is 4.74 Å². The zero-order valence-electron chi connectivity index (χ0n) is 16.0. The number of pyridine rings is 1. The Morgan fingerprint density at radius 1 is 0.964 bits per heavy atom. The summed E-state index contributed by atoms with van der Waals surface area (Å²) in [5, 5.41) is 12.4. The van der Waals surface area contributed by atoms with E-state index in [1.54, 1.807) is 29.0 Å². The topological polar surface area (TPSA) is 83.5 Å². The SMILES string of the molecule is COc1ccccc1-n1nc(CC(C)C)nc1-c1cccc(-n2cnnc2)n1. The Labute approximate surface area is 162 Å². The molecule has 0 N–H and O–H groups in total. The molecule has 0 saturated carbocycles. The third-order valence-electron chi connectivity index (χ3n) is 4.20. The smallest absolute Gasteiger partial charge is 0.182 e. The summed E-state index contributed by atoms with van der Waals surface area (Å²) >= 11 is 0. The Kier molecular flexibility index (Phi) is 4.84. The van der Waals surface area contributed by atoms with Crippen molar-refractivity contribution in [3.63, 3.8) is 0 Å². The van der Waals surface area contributed by atoms with Crippen LogP contribution >= 0.6 is 0 Å². The molecule has 0 spiro atoms. The first kappa shape index (κ1) is 17.8. The summed E-state index contributed by atoms with van der Waals surface area (Å²) in [7, 11) is 1.65. The molecule has 3 aromatic heterocycles. The third-order valence-corrected chi connectivity index (χ3v) is 4.20. The lowest BCUT2D eigenvalue weighted by Crippen LogP contribution is -2.04. The van der Waals surface area contributed by atoms with Crippen LogP contribution in [0.1, 0.15) is 19.7 Å².